The molecule has 0 aliphatic rings. The largest absolute Gasteiger partial charge is 0.478 e. The van der Waals surface area contributed by atoms with Crippen LogP contribution in [-0.4, -0.2) is 19.1 Å². The van der Waals surface area contributed by atoms with Crippen LogP contribution >= 0.6 is 0 Å². The molecule has 0 radical (unpaired) electrons. The summed E-state index contributed by atoms with van der Waals surface area (Å²) in [6.07, 6.45) is 0. The smallest absolute Gasteiger partial charge is 0.335 e. The Hall–Kier alpha value is -2.65. The van der Waals surface area contributed by atoms with E-state index in [4.69, 9.17) is 0 Å². The zero-order chi connectivity index (χ0) is 18.8. The summed E-state index contributed by atoms with van der Waals surface area (Å²) in [6.45, 7) is 6.70. The second kappa shape index (κ2) is 6.93. The van der Waals surface area contributed by atoms with Gasteiger partial charge in [0.25, 0.3) is 0 Å². The van der Waals surface area contributed by atoms with Crippen LogP contribution in [-0.2, 0) is 0 Å². The molecule has 1 N–H and O–H groups in total. The fourth-order valence-electron chi connectivity index (χ4n) is 4.12. The number of carbonyl (C=O) groups is 1. The molecular formula is C23H24O2Si. The topological polar surface area (TPSA) is 37.3 Å². The molecule has 0 spiro atoms. The number of hydrogen-bond acceptors (Lipinski definition) is 1. The number of carboxylic acids is 1. The Bertz CT molecular complexity index is 857. The summed E-state index contributed by atoms with van der Waals surface area (Å²) in [5.74, 6) is -0.867. The van der Waals surface area contributed by atoms with Crippen LogP contribution < -0.4 is 15.6 Å². The van der Waals surface area contributed by atoms with Gasteiger partial charge < -0.3 is 5.11 Å². The van der Waals surface area contributed by atoms with E-state index < -0.39 is 14.0 Å². The molecule has 0 aliphatic carbocycles. The van der Waals surface area contributed by atoms with E-state index in [0.717, 1.165) is 5.19 Å². The Kier molecular flexibility index (Phi) is 4.83. The quantitative estimate of drug-likeness (QED) is 0.569. The molecular weight excluding hydrogens is 336 g/mol. The van der Waals surface area contributed by atoms with Crippen molar-refractivity contribution in [3.8, 4) is 0 Å². The summed E-state index contributed by atoms with van der Waals surface area (Å²) in [5, 5.41) is 13.2. The zero-order valence-electron chi connectivity index (χ0n) is 15.4. The Morgan fingerprint density at radius 2 is 1.15 bits per heavy atom. The molecule has 3 aromatic rings. The minimum absolute atomic E-state index is 0.124. The van der Waals surface area contributed by atoms with E-state index in [-0.39, 0.29) is 5.04 Å². The Morgan fingerprint density at radius 3 is 1.58 bits per heavy atom. The van der Waals surface area contributed by atoms with Crippen LogP contribution in [0.4, 0.5) is 0 Å². The summed E-state index contributed by atoms with van der Waals surface area (Å²) in [7, 11) is -2.61. The van der Waals surface area contributed by atoms with Gasteiger partial charge in [-0.05, 0) is 26.7 Å². The second-order valence-corrected chi connectivity index (χ2v) is 12.3. The molecule has 0 atom stereocenters. The van der Waals surface area contributed by atoms with E-state index in [9.17, 15) is 9.90 Å². The summed E-state index contributed by atoms with van der Waals surface area (Å²) in [4.78, 5) is 12.1. The van der Waals surface area contributed by atoms with E-state index in [1.54, 1.807) is 6.07 Å². The normalized spacial score (nSPS) is 12.0. The summed E-state index contributed by atoms with van der Waals surface area (Å²) >= 11 is 0. The van der Waals surface area contributed by atoms with Gasteiger partial charge in [0, 0.05) is 0 Å². The highest BCUT2D eigenvalue weighted by Gasteiger charge is 2.50. The van der Waals surface area contributed by atoms with Gasteiger partial charge in [0.1, 0.15) is 0 Å². The standard InChI is InChI=1S/C23H24O2Si/c1-23(2,3)26(18-12-6-4-7-13-18,19-14-8-5-9-15-19)21-17-11-10-16-20(21)22(24)25/h4-17H,1-3H3,(H,24,25). The van der Waals surface area contributed by atoms with Crippen molar-refractivity contribution < 1.29 is 9.90 Å². The first-order valence-corrected chi connectivity index (χ1v) is 10.8. The molecule has 0 saturated carbocycles. The van der Waals surface area contributed by atoms with Gasteiger partial charge in [0.15, 0.2) is 8.07 Å². The Labute approximate surface area is 156 Å². The maximum absolute atomic E-state index is 12.1. The molecule has 3 aromatic carbocycles. The molecule has 0 heterocycles. The van der Waals surface area contributed by atoms with Crippen molar-refractivity contribution in [3.63, 3.8) is 0 Å². The summed E-state index contributed by atoms with van der Waals surface area (Å²) in [6, 6.07) is 28.4. The minimum Gasteiger partial charge on any atom is -0.478 e. The van der Waals surface area contributed by atoms with Crippen molar-refractivity contribution in [2.75, 3.05) is 0 Å². The third kappa shape index (κ3) is 2.88. The number of aromatic carboxylic acids is 1. The lowest BCUT2D eigenvalue weighted by Gasteiger charge is -2.45. The van der Waals surface area contributed by atoms with Crippen molar-refractivity contribution in [2.24, 2.45) is 0 Å². The number of benzene rings is 3. The van der Waals surface area contributed by atoms with Gasteiger partial charge >= 0.3 is 5.97 Å². The molecule has 3 rings (SSSR count). The van der Waals surface area contributed by atoms with Crippen LogP contribution in [0.15, 0.2) is 84.9 Å². The third-order valence-corrected chi connectivity index (χ3v) is 11.0. The molecule has 0 bridgehead atoms. The van der Waals surface area contributed by atoms with Gasteiger partial charge in [-0.3, -0.25) is 0 Å². The second-order valence-electron chi connectivity index (χ2n) is 7.58. The van der Waals surface area contributed by atoms with Gasteiger partial charge in [-0.15, -0.1) is 0 Å². The predicted octanol–water partition coefficient (Wildman–Crippen LogP) is 3.66. The maximum Gasteiger partial charge on any atom is 0.335 e. The van der Waals surface area contributed by atoms with E-state index in [2.05, 4.69) is 69.3 Å². The highest BCUT2D eigenvalue weighted by atomic mass is 28.3. The molecule has 0 saturated heterocycles. The third-order valence-electron chi connectivity index (χ3n) is 5.10. The van der Waals surface area contributed by atoms with Crippen LogP contribution in [0.1, 0.15) is 31.1 Å². The van der Waals surface area contributed by atoms with Crippen molar-refractivity contribution in [1.29, 1.82) is 0 Å². The number of hydrogen-bond donors (Lipinski definition) is 1. The van der Waals surface area contributed by atoms with Gasteiger partial charge in [0.05, 0.1) is 5.56 Å². The Balaban J connectivity index is 2.50. The first-order chi connectivity index (χ1) is 12.4. The molecule has 26 heavy (non-hydrogen) atoms. The molecule has 3 heteroatoms. The molecule has 0 unspecified atom stereocenters. The van der Waals surface area contributed by atoms with Crippen molar-refractivity contribution in [2.45, 2.75) is 25.8 Å². The van der Waals surface area contributed by atoms with Crippen LogP contribution in [0.3, 0.4) is 0 Å². The van der Waals surface area contributed by atoms with Gasteiger partial charge in [-0.2, -0.15) is 0 Å². The van der Waals surface area contributed by atoms with E-state index >= 15 is 0 Å². The molecule has 0 aliphatic heterocycles. The highest BCUT2D eigenvalue weighted by Crippen LogP contribution is 2.36. The fraction of sp³-hybridized carbons (Fsp3) is 0.174. The lowest BCUT2D eigenvalue weighted by Crippen LogP contribution is -2.73. The van der Waals surface area contributed by atoms with Crippen LogP contribution in [0.5, 0.6) is 0 Å². The predicted molar refractivity (Wildman–Crippen MR) is 111 cm³/mol. The monoisotopic (exact) mass is 360 g/mol. The number of rotatable bonds is 4. The summed E-state index contributed by atoms with van der Waals surface area (Å²) in [5.41, 5.74) is 0.404. The van der Waals surface area contributed by atoms with Crippen molar-refractivity contribution in [1.82, 2.24) is 0 Å². The van der Waals surface area contributed by atoms with Crippen LogP contribution in [0.25, 0.3) is 0 Å². The van der Waals surface area contributed by atoms with Crippen LogP contribution in [0.2, 0.25) is 5.04 Å². The first kappa shape index (κ1) is 18.1. The minimum atomic E-state index is -2.61. The van der Waals surface area contributed by atoms with Gasteiger partial charge in [-0.1, -0.05) is 99.6 Å². The molecule has 2 nitrogen and oxygen atoms in total. The highest BCUT2D eigenvalue weighted by molar-refractivity contribution is 7.13. The number of carboxylic acid groups (broad SMARTS) is 1. The average Bonchev–Trinajstić information content (AvgIpc) is 2.63. The van der Waals surface area contributed by atoms with Crippen LogP contribution in [0, 0.1) is 0 Å². The lowest BCUT2D eigenvalue weighted by atomic mass is 10.2. The molecule has 0 fully saturated rings. The SMILES string of the molecule is CC(C)(C)[Si](c1ccccc1)(c1ccccc1)c1ccccc1C(=O)O. The lowest BCUT2D eigenvalue weighted by molar-refractivity contribution is 0.0698. The maximum atomic E-state index is 12.1. The molecule has 0 aromatic heterocycles. The van der Waals surface area contributed by atoms with Crippen molar-refractivity contribution >= 4 is 29.6 Å². The van der Waals surface area contributed by atoms with E-state index in [1.165, 1.54) is 10.4 Å². The Morgan fingerprint density at radius 1 is 0.731 bits per heavy atom. The summed E-state index contributed by atoms with van der Waals surface area (Å²) < 4.78 is 0. The molecule has 132 valence electrons. The fourth-order valence-corrected chi connectivity index (χ4v) is 9.94. The molecule has 0 amide bonds. The van der Waals surface area contributed by atoms with E-state index in [0.29, 0.717) is 5.56 Å². The van der Waals surface area contributed by atoms with E-state index in [1.807, 2.05) is 30.3 Å². The average molecular weight is 361 g/mol. The first-order valence-electron chi connectivity index (χ1n) is 8.83. The zero-order valence-corrected chi connectivity index (χ0v) is 16.4. The van der Waals surface area contributed by atoms with Gasteiger partial charge in [-0.25, -0.2) is 4.79 Å². The van der Waals surface area contributed by atoms with Crippen molar-refractivity contribution in [3.05, 3.63) is 90.5 Å². The van der Waals surface area contributed by atoms with Gasteiger partial charge in [0.2, 0.25) is 0 Å².